The van der Waals surface area contributed by atoms with Gasteiger partial charge < -0.3 is 10.1 Å². The second-order valence-electron chi connectivity index (χ2n) is 4.45. The van der Waals surface area contributed by atoms with Crippen molar-refractivity contribution >= 4 is 5.65 Å². The number of nitrogens with zero attached hydrogens (tertiary/aromatic N) is 2. The number of fused-ring (bicyclic) bond motifs is 1. The number of aromatic hydroxyl groups is 1. The van der Waals surface area contributed by atoms with E-state index in [0.29, 0.717) is 17.6 Å². The third-order valence-corrected chi connectivity index (χ3v) is 3.13. The Bertz CT molecular complexity index is 851. The van der Waals surface area contributed by atoms with E-state index in [1.807, 2.05) is 6.92 Å². The second kappa shape index (κ2) is 4.48. The average Bonchev–Trinajstić information content (AvgIpc) is 2.82. The van der Waals surface area contributed by atoms with Crippen LogP contribution >= 0.6 is 0 Å². The summed E-state index contributed by atoms with van der Waals surface area (Å²) in [7, 11) is 0. The van der Waals surface area contributed by atoms with Gasteiger partial charge in [0.1, 0.15) is 17.0 Å². The Hall–Kier alpha value is -2.63. The Morgan fingerprint density at radius 2 is 2.20 bits per heavy atom. The van der Waals surface area contributed by atoms with Gasteiger partial charge in [0.2, 0.25) is 5.88 Å². The number of aromatic amines is 1. The first-order chi connectivity index (χ1) is 9.60. The van der Waals surface area contributed by atoms with Crippen LogP contribution in [0.5, 0.6) is 5.88 Å². The van der Waals surface area contributed by atoms with Gasteiger partial charge in [-0.25, -0.2) is 4.39 Å². The molecule has 0 aliphatic rings. The number of benzene rings is 1. The third-order valence-electron chi connectivity index (χ3n) is 3.13. The van der Waals surface area contributed by atoms with E-state index < -0.39 is 11.4 Å². The van der Waals surface area contributed by atoms with Crippen LogP contribution in [0, 0.1) is 5.82 Å². The van der Waals surface area contributed by atoms with Crippen molar-refractivity contribution in [3.8, 4) is 17.0 Å². The van der Waals surface area contributed by atoms with E-state index in [1.54, 1.807) is 12.1 Å². The first-order valence-corrected chi connectivity index (χ1v) is 6.20. The molecule has 0 bridgehead atoms. The molecule has 0 amide bonds. The molecular formula is C14H12FN3O2. The molecule has 2 heterocycles. The van der Waals surface area contributed by atoms with Crippen molar-refractivity contribution < 1.29 is 9.50 Å². The summed E-state index contributed by atoms with van der Waals surface area (Å²) in [6.45, 7) is 1.92. The predicted molar refractivity (Wildman–Crippen MR) is 72.2 cm³/mol. The van der Waals surface area contributed by atoms with Crippen LogP contribution in [0.4, 0.5) is 4.39 Å². The van der Waals surface area contributed by atoms with Crippen LogP contribution in [-0.4, -0.2) is 19.7 Å². The van der Waals surface area contributed by atoms with E-state index >= 15 is 0 Å². The summed E-state index contributed by atoms with van der Waals surface area (Å²) >= 11 is 0. The number of aromatic nitrogens is 3. The molecule has 3 aromatic rings. The van der Waals surface area contributed by atoms with Gasteiger partial charge in [-0.1, -0.05) is 19.1 Å². The van der Waals surface area contributed by atoms with E-state index in [1.165, 1.54) is 22.7 Å². The monoisotopic (exact) mass is 273 g/mol. The van der Waals surface area contributed by atoms with Crippen molar-refractivity contribution in [1.82, 2.24) is 14.6 Å². The Morgan fingerprint density at radius 1 is 1.40 bits per heavy atom. The first-order valence-electron chi connectivity index (χ1n) is 6.20. The fraction of sp³-hybridized carbons (Fsp3) is 0.143. The average molecular weight is 273 g/mol. The topological polar surface area (TPSA) is 70.4 Å². The number of hydrogen-bond acceptors (Lipinski definition) is 3. The highest BCUT2D eigenvalue weighted by atomic mass is 19.1. The number of hydrogen-bond donors (Lipinski definition) is 2. The molecule has 1 aromatic carbocycles. The molecule has 0 aliphatic carbocycles. The van der Waals surface area contributed by atoms with E-state index in [9.17, 15) is 14.3 Å². The third kappa shape index (κ3) is 1.85. The number of H-pyrrole nitrogens is 1. The summed E-state index contributed by atoms with van der Waals surface area (Å²) in [5.74, 6) is -0.773. The summed E-state index contributed by atoms with van der Waals surface area (Å²) in [4.78, 5) is 14.7. The van der Waals surface area contributed by atoms with Gasteiger partial charge in [0.25, 0.3) is 5.56 Å². The predicted octanol–water partition coefficient (Wildman–Crippen LogP) is 2.10. The van der Waals surface area contributed by atoms with Crippen LogP contribution in [-0.2, 0) is 6.42 Å². The lowest BCUT2D eigenvalue weighted by Gasteiger charge is -2.05. The molecule has 0 radical (unpaired) electrons. The minimum absolute atomic E-state index is 0.00255. The van der Waals surface area contributed by atoms with Crippen molar-refractivity contribution in [2.45, 2.75) is 13.3 Å². The largest absolute Gasteiger partial charge is 0.493 e. The van der Waals surface area contributed by atoms with Gasteiger partial charge in [-0.2, -0.15) is 9.61 Å². The second-order valence-corrected chi connectivity index (χ2v) is 4.45. The quantitative estimate of drug-likeness (QED) is 0.751. The van der Waals surface area contributed by atoms with Gasteiger partial charge in [-0.05, 0) is 24.1 Å². The van der Waals surface area contributed by atoms with Crippen LogP contribution in [0.15, 0.2) is 35.1 Å². The van der Waals surface area contributed by atoms with Crippen LogP contribution in [0.25, 0.3) is 16.8 Å². The lowest BCUT2D eigenvalue weighted by molar-refractivity contribution is 0.436. The zero-order chi connectivity index (χ0) is 14.3. The summed E-state index contributed by atoms with van der Waals surface area (Å²) in [6.07, 6.45) is 0.679. The van der Waals surface area contributed by atoms with E-state index in [0.717, 1.165) is 5.69 Å². The molecule has 3 rings (SSSR count). The Balaban J connectivity index is 2.33. The number of nitrogens with one attached hydrogen (secondary N) is 1. The molecule has 2 N–H and O–H groups in total. The van der Waals surface area contributed by atoms with Crippen LogP contribution in [0.1, 0.15) is 12.6 Å². The molecule has 0 saturated heterocycles. The molecular weight excluding hydrogens is 261 g/mol. The highest BCUT2D eigenvalue weighted by Crippen LogP contribution is 2.26. The number of aryl methyl sites for hydroxylation is 1. The molecule has 0 fully saturated rings. The molecule has 0 atom stereocenters. The van der Waals surface area contributed by atoms with Crippen LogP contribution in [0.3, 0.4) is 0 Å². The molecule has 102 valence electrons. The lowest BCUT2D eigenvalue weighted by atomic mass is 10.1. The Kier molecular flexibility index (Phi) is 2.78. The fourth-order valence-electron chi connectivity index (χ4n) is 2.14. The van der Waals surface area contributed by atoms with Gasteiger partial charge in [0.05, 0.1) is 5.69 Å². The maximum absolute atomic E-state index is 13.3. The van der Waals surface area contributed by atoms with Gasteiger partial charge in [0, 0.05) is 6.07 Å². The molecule has 0 saturated carbocycles. The minimum Gasteiger partial charge on any atom is -0.493 e. The summed E-state index contributed by atoms with van der Waals surface area (Å²) in [5.41, 5.74) is 0.974. The van der Waals surface area contributed by atoms with E-state index in [4.69, 9.17) is 0 Å². The van der Waals surface area contributed by atoms with Crippen molar-refractivity contribution in [3.05, 3.63) is 52.2 Å². The van der Waals surface area contributed by atoms with E-state index in [2.05, 4.69) is 10.1 Å². The van der Waals surface area contributed by atoms with Crippen molar-refractivity contribution in [1.29, 1.82) is 0 Å². The van der Waals surface area contributed by atoms with Crippen molar-refractivity contribution in [2.24, 2.45) is 0 Å². The van der Waals surface area contributed by atoms with Gasteiger partial charge in [-0.3, -0.25) is 4.79 Å². The Labute approximate surface area is 113 Å². The molecule has 0 unspecified atom stereocenters. The zero-order valence-corrected chi connectivity index (χ0v) is 10.7. The highest BCUT2D eigenvalue weighted by Gasteiger charge is 2.16. The van der Waals surface area contributed by atoms with Crippen LogP contribution in [0.2, 0.25) is 0 Å². The van der Waals surface area contributed by atoms with Gasteiger partial charge >= 0.3 is 0 Å². The zero-order valence-electron chi connectivity index (χ0n) is 10.7. The highest BCUT2D eigenvalue weighted by molar-refractivity contribution is 5.69. The standard InChI is InChI=1S/C14H12FN3O2/c1-2-10-7-11-16-13(19)12(14(20)18(11)17-10)8-4-3-5-9(15)6-8/h3-7,20H,2H2,1H3,(H,16,19). The van der Waals surface area contributed by atoms with Crippen molar-refractivity contribution in [3.63, 3.8) is 0 Å². The van der Waals surface area contributed by atoms with Gasteiger partial charge in [-0.15, -0.1) is 0 Å². The van der Waals surface area contributed by atoms with Crippen LogP contribution < -0.4 is 5.56 Å². The lowest BCUT2D eigenvalue weighted by Crippen LogP contribution is -2.12. The van der Waals surface area contributed by atoms with E-state index in [-0.39, 0.29) is 11.4 Å². The fourth-order valence-corrected chi connectivity index (χ4v) is 2.14. The molecule has 20 heavy (non-hydrogen) atoms. The SMILES string of the molecule is CCc1cc2[nH]c(=O)c(-c3cccc(F)c3)c(O)n2n1. The Morgan fingerprint density at radius 3 is 2.90 bits per heavy atom. The molecule has 5 nitrogen and oxygen atoms in total. The number of halogens is 1. The minimum atomic E-state index is -0.483. The summed E-state index contributed by atoms with van der Waals surface area (Å²) in [5, 5.41) is 14.4. The maximum Gasteiger partial charge on any atom is 0.262 e. The first kappa shape index (κ1) is 12.4. The summed E-state index contributed by atoms with van der Waals surface area (Å²) < 4.78 is 14.5. The smallest absolute Gasteiger partial charge is 0.262 e. The molecule has 2 aromatic heterocycles. The van der Waals surface area contributed by atoms with Crippen molar-refractivity contribution in [2.75, 3.05) is 0 Å². The van der Waals surface area contributed by atoms with Gasteiger partial charge in [0.15, 0.2) is 0 Å². The summed E-state index contributed by atoms with van der Waals surface area (Å²) in [6, 6.07) is 7.20. The molecule has 0 aliphatic heterocycles. The number of rotatable bonds is 2. The molecule has 6 heteroatoms. The molecule has 0 spiro atoms. The maximum atomic E-state index is 13.3. The normalized spacial score (nSPS) is 11.1.